The van der Waals surface area contributed by atoms with Crippen LogP contribution in [0, 0.1) is 0 Å². The molecule has 1 aliphatic heterocycles. The SMILES string of the molecule is CN(C)c1ccc(NC(=O)CNC(=O)C2CCC(=O)N2)cc1. The summed E-state index contributed by atoms with van der Waals surface area (Å²) in [5.74, 6) is -0.773. The Morgan fingerprint density at radius 1 is 1.27 bits per heavy atom. The van der Waals surface area contributed by atoms with Gasteiger partial charge in [-0.15, -0.1) is 0 Å². The summed E-state index contributed by atoms with van der Waals surface area (Å²) in [5.41, 5.74) is 1.70. The van der Waals surface area contributed by atoms with Crippen LogP contribution in [0.1, 0.15) is 12.8 Å². The quantitative estimate of drug-likeness (QED) is 0.719. The minimum atomic E-state index is -0.528. The smallest absolute Gasteiger partial charge is 0.243 e. The van der Waals surface area contributed by atoms with Crippen LogP contribution in [-0.4, -0.2) is 44.4 Å². The maximum atomic E-state index is 11.8. The van der Waals surface area contributed by atoms with Crippen molar-refractivity contribution >= 4 is 29.1 Å². The molecule has 1 heterocycles. The largest absolute Gasteiger partial charge is 0.378 e. The van der Waals surface area contributed by atoms with Gasteiger partial charge in [0.05, 0.1) is 6.54 Å². The fourth-order valence-electron chi connectivity index (χ4n) is 2.15. The van der Waals surface area contributed by atoms with Gasteiger partial charge < -0.3 is 20.9 Å². The van der Waals surface area contributed by atoms with E-state index in [0.29, 0.717) is 18.5 Å². The molecule has 1 aliphatic rings. The molecule has 1 atom stereocenters. The van der Waals surface area contributed by atoms with Crippen LogP contribution in [0.4, 0.5) is 11.4 Å². The maximum Gasteiger partial charge on any atom is 0.243 e. The predicted octanol–water partition coefficient (Wildman–Crippen LogP) is 0.0859. The third-order valence-electron chi connectivity index (χ3n) is 3.40. The molecule has 1 fully saturated rings. The zero-order valence-corrected chi connectivity index (χ0v) is 12.7. The number of rotatable bonds is 5. The van der Waals surface area contributed by atoms with E-state index in [2.05, 4.69) is 16.0 Å². The molecule has 0 saturated carbocycles. The van der Waals surface area contributed by atoms with Crippen LogP contribution in [0.3, 0.4) is 0 Å². The second kappa shape index (κ2) is 6.93. The summed E-state index contributed by atoms with van der Waals surface area (Å²) in [5, 5.41) is 7.78. The first-order valence-electron chi connectivity index (χ1n) is 7.10. The standard InChI is InChI=1S/C15H20N4O3/c1-19(2)11-5-3-10(4-6-11)17-14(21)9-16-15(22)12-7-8-13(20)18-12/h3-6,12H,7-9H2,1-2H3,(H,16,22)(H,17,21)(H,18,20). The fourth-order valence-corrected chi connectivity index (χ4v) is 2.15. The van der Waals surface area contributed by atoms with Crippen LogP contribution in [0.5, 0.6) is 0 Å². The van der Waals surface area contributed by atoms with E-state index >= 15 is 0 Å². The van der Waals surface area contributed by atoms with Gasteiger partial charge in [-0.05, 0) is 30.7 Å². The van der Waals surface area contributed by atoms with E-state index in [1.807, 2.05) is 31.1 Å². The molecule has 0 bridgehead atoms. The van der Waals surface area contributed by atoms with Crippen LogP contribution in [0.25, 0.3) is 0 Å². The first kappa shape index (κ1) is 15.8. The molecule has 0 aliphatic carbocycles. The average Bonchev–Trinajstić information content (AvgIpc) is 2.92. The summed E-state index contributed by atoms with van der Waals surface area (Å²) in [6, 6.07) is 6.85. The molecule has 1 unspecified atom stereocenters. The third-order valence-corrected chi connectivity index (χ3v) is 3.40. The van der Waals surface area contributed by atoms with Gasteiger partial charge in [0.25, 0.3) is 0 Å². The molecular formula is C15H20N4O3. The molecular weight excluding hydrogens is 284 g/mol. The predicted molar refractivity (Wildman–Crippen MR) is 83.6 cm³/mol. The van der Waals surface area contributed by atoms with Crippen molar-refractivity contribution in [2.24, 2.45) is 0 Å². The third kappa shape index (κ3) is 4.21. The van der Waals surface area contributed by atoms with Gasteiger partial charge >= 0.3 is 0 Å². The Labute approximate surface area is 129 Å². The topological polar surface area (TPSA) is 90.5 Å². The number of amides is 3. The monoisotopic (exact) mass is 304 g/mol. The van der Waals surface area contributed by atoms with Crippen LogP contribution >= 0.6 is 0 Å². The molecule has 0 aromatic heterocycles. The van der Waals surface area contributed by atoms with Gasteiger partial charge in [0.15, 0.2) is 0 Å². The van der Waals surface area contributed by atoms with E-state index in [-0.39, 0.29) is 24.3 Å². The lowest BCUT2D eigenvalue weighted by Crippen LogP contribution is -2.44. The molecule has 22 heavy (non-hydrogen) atoms. The van der Waals surface area contributed by atoms with Crippen molar-refractivity contribution in [2.75, 3.05) is 30.9 Å². The molecule has 1 aromatic rings. The molecule has 7 nitrogen and oxygen atoms in total. The lowest BCUT2D eigenvalue weighted by molar-refractivity contribution is -0.127. The normalized spacial score (nSPS) is 16.8. The van der Waals surface area contributed by atoms with E-state index < -0.39 is 6.04 Å². The van der Waals surface area contributed by atoms with E-state index in [1.54, 1.807) is 12.1 Å². The second-order valence-corrected chi connectivity index (χ2v) is 5.37. The molecule has 1 saturated heterocycles. The number of nitrogens with zero attached hydrogens (tertiary/aromatic N) is 1. The number of benzene rings is 1. The second-order valence-electron chi connectivity index (χ2n) is 5.37. The Balaban J connectivity index is 1.78. The van der Waals surface area contributed by atoms with Crippen molar-refractivity contribution in [2.45, 2.75) is 18.9 Å². The van der Waals surface area contributed by atoms with E-state index in [9.17, 15) is 14.4 Å². The number of nitrogens with one attached hydrogen (secondary N) is 3. The Morgan fingerprint density at radius 3 is 2.50 bits per heavy atom. The summed E-state index contributed by atoms with van der Waals surface area (Å²) in [6.07, 6.45) is 0.820. The van der Waals surface area contributed by atoms with Crippen molar-refractivity contribution in [3.8, 4) is 0 Å². The summed E-state index contributed by atoms with van der Waals surface area (Å²) in [6.45, 7) is -0.124. The molecule has 1 aromatic carbocycles. The Morgan fingerprint density at radius 2 is 1.95 bits per heavy atom. The molecule has 0 radical (unpaired) electrons. The highest BCUT2D eigenvalue weighted by Crippen LogP contribution is 2.15. The summed E-state index contributed by atoms with van der Waals surface area (Å²) >= 11 is 0. The molecule has 118 valence electrons. The highest BCUT2D eigenvalue weighted by atomic mass is 16.2. The van der Waals surface area contributed by atoms with Gasteiger partial charge in [-0.25, -0.2) is 0 Å². The minimum absolute atomic E-state index is 0.124. The Hall–Kier alpha value is -2.57. The number of anilines is 2. The van der Waals surface area contributed by atoms with Crippen LogP contribution in [-0.2, 0) is 14.4 Å². The van der Waals surface area contributed by atoms with Crippen molar-refractivity contribution < 1.29 is 14.4 Å². The Kier molecular flexibility index (Phi) is 4.98. The molecule has 7 heteroatoms. The Bertz CT molecular complexity index is 569. The highest BCUT2D eigenvalue weighted by molar-refractivity contribution is 5.96. The fraction of sp³-hybridized carbons (Fsp3) is 0.400. The van der Waals surface area contributed by atoms with Gasteiger partial charge in [0.2, 0.25) is 17.7 Å². The molecule has 0 spiro atoms. The van der Waals surface area contributed by atoms with Crippen molar-refractivity contribution in [1.82, 2.24) is 10.6 Å². The molecule has 2 rings (SSSR count). The van der Waals surface area contributed by atoms with E-state index in [1.165, 1.54) is 0 Å². The van der Waals surface area contributed by atoms with Crippen molar-refractivity contribution in [3.05, 3.63) is 24.3 Å². The summed E-state index contributed by atoms with van der Waals surface area (Å²) in [7, 11) is 3.87. The van der Waals surface area contributed by atoms with Gasteiger partial charge in [0, 0.05) is 31.9 Å². The number of carbonyl (C=O) groups excluding carboxylic acids is 3. The minimum Gasteiger partial charge on any atom is -0.378 e. The van der Waals surface area contributed by atoms with Crippen molar-refractivity contribution in [1.29, 1.82) is 0 Å². The average molecular weight is 304 g/mol. The van der Waals surface area contributed by atoms with E-state index in [4.69, 9.17) is 0 Å². The van der Waals surface area contributed by atoms with E-state index in [0.717, 1.165) is 5.69 Å². The van der Waals surface area contributed by atoms with Gasteiger partial charge in [0.1, 0.15) is 6.04 Å². The highest BCUT2D eigenvalue weighted by Gasteiger charge is 2.27. The van der Waals surface area contributed by atoms with Crippen LogP contribution in [0.2, 0.25) is 0 Å². The lowest BCUT2D eigenvalue weighted by Gasteiger charge is -2.13. The molecule has 3 N–H and O–H groups in total. The summed E-state index contributed by atoms with van der Waals surface area (Å²) in [4.78, 5) is 36.5. The van der Waals surface area contributed by atoms with Gasteiger partial charge in [-0.2, -0.15) is 0 Å². The maximum absolute atomic E-state index is 11.8. The lowest BCUT2D eigenvalue weighted by atomic mass is 10.2. The van der Waals surface area contributed by atoms with Gasteiger partial charge in [-0.3, -0.25) is 14.4 Å². The first-order valence-corrected chi connectivity index (χ1v) is 7.10. The van der Waals surface area contributed by atoms with Crippen molar-refractivity contribution in [3.63, 3.8) is 0 Å². The zero-order valence-electron chi connectivity index (χ0n) is 12.7. The summed E-state index contributed by atoms with van der Waals surface area (Å²) < 4.78 is 0. The first-order chi connectivity index (χ1) is 10.5. The number of carbonyl (C=O) groups is 3. The van der Waals surface area contributed by atoms with Crippen LogP contribution < -0.4 is 20.9 Å². The number of hydrogen-bond donors (Lipinski definition) is 3. The van der Waals surface area contributed by atoms with Crippen LogP contribution in [0.15, 0.2) is 24.3 Å². The molecule has 3 amide bonds. The van der Waals surface area contributed by atoms with Gasteiger partial charge in [-0.1, -0.05) is 0 Å². The number of hydrogen-bond acceptors (Lipinski definition) is 4. The zero-order chi connectivity index (χ0) is 16.1.